The molecule has 18 heavy (non-hydrogen) atoms. The lowest BCUT2D eigenvalue weighted by molar-refractivity contribution is 0.174. The Hall–Kier alpha value is -1.63. The third kappa shape index (κ3) is 2.98. The molecule has 1 aromatic heterocycles. The summed E-state index contributed by atoms with van der Waals surface area (Å²) in [5.41, 5.74) is 0. The fourth-order valence-electron chi connectivity index (χ4n) is 1.89. The monoisotopic (exact) mass is 254 g/mol. The van der Waals surface area contributed by atoms with Crippen LogP contribution >= 0.6 is 0 Å². The van der Waals surface area contributed by atoms with Gasteiger partial charge in [-0.1, -0.05) is 5.16 Å². The number of carbonyl (C=O) groups excluding carboxylic acids is 1. The first-order chi connectivity index (χ1) is 8.70. The highest BCUT2D eigenvalue weighted by molar-refractivity contribution is 5.74. The largest absolute Gasteiger partial charge is 0.377 e. The van der Waals surface area contributed by atoms with Gasteiger partial charge in [0, 0.05) is 20.2 Å². The number of rotatable bonds is 4. The van der Waals surface area contributed by atoms with Crippen LogP contribution in [0.3, 0.4) is 0 Å². The van der Waals surface area contributed by atoms with E-state index in [1.807, 2.05) is 6.92 Å². The zero-order chi connectivity index (χ0) is 13.0. The Kier molecular flexibility index (Phi) is 4.14. The van der Waals surface area contributed by atoms with Crippen LogP contribution in [0.4, 0.5) is 4.79 Å². The van der Waals surface area contributed by atoms with E-state index in [4.69, 9.17) is 9.26 Å². The first-order valence-corrected chi connectivity index (χ1v) is 6.07. The Labute approximate surface area is 105 Å². The van der Waals surface area contributed by atoms with Crippen molar-refractivity contribution in [3.05, 3.63) is 11.7 Å². The summed E-state index contributed by atoms with van der Waals surface area (Å²) in [6.07, 6.45) is 2.14. The van der Waals surface area contributed by atoms with Gasteiger partial charge in [-0.15, -0.1) is 0 Å². The molecule has 1 atom stereocenters. The minimum atomic E-state index is -0.295. The first-order valence-electron chi connectivity index (χ1n) is 6.07. The van der Waals surface area contributed by atoms with Crippen molar-refractivity contribution in [3.63, 3.8) is 0 Å². The van der Waals surface area contributed by atoms with Crippen LogP contribution in [0.5, 0.6) is 0 Å². The molecule has 0 bridgehead atoms. The number of nitrogens with one attached hydrogen (secondary N) is 1. The van der Waals surface area contributed by atoms with Crippen molar-refractivity contribution in [1.29, 1.82) is 0 Å². The molecule has 1 saturated heterocycles. The molecular weight excluding hydrogens is 236 g/mol. The molecule has 0 spiro atoms. The van der Waals surface area contributed by atoms with E-state index < -0.39 is 0 Å². The van der Waals surface area contributed by atoms with Gasteiger partial charge in [0.1, 0.15) is 12.6 Å². The average Bonchev–Trinajstić information content (AvgIpc) is 3.00. The molecule has 0 aliphatic carbocycles. The molecule has 7 heteroatoms. The molecule has 1 aliphatic heterocycles. The molecule has 2 rings (SSSR count). The Bertz CT molecular complexity index is 401. The Morgan fingerprint density at radius 3 is 2.94 bits per heavy atom. The van der Waals surface area contributed by atoms with E-state index in [0.717, 1.165) is 25.9 Å². The quantitative estimate of drug-likeness (QED) is 0.869. The van der Waals surface area contributed by atoms with Crippen LogP contribution in [-0.2, 0) is 11.3 Å². The van der Waals surface area contributed by atoms with Gasteiger partial charge in [-0.25, -0.2) is 4.79 Å². The number of likely N-dealkylation sites (tertiary alicyclic amines) is 1. The average molecular weight is 254 g/mol. The van der Waals surface area contributed by atoms with Crippen LogP contribution in [0.2, 0.25) is 0 Å². The van der Waals surface area contributed by atoms with Crippen LogP contribution in [0.15, 0.2) is 4.52 Å². The maximum atomic E-state index is 11.9. The minimum Gasteiger partial charge on any atom is -0.377 e. The summed E-state index contributed by atoms with van der Waals surface area (Å²) in [4.78, 5) is 17.8. The van der Waals surface area contributed by atoms with E-state index in [0.29, 0.717) is 18.3 Å². The van der Waals surface area contributed by atoms with Crippen molar-refractivity contribution in [2.75, 3.05) is 20.2 Å². The molecule has 2 amide bonds. The SMILES string of the molecule is COCc1noc(C(C)NC(=O)N2CCCC2)n1. The summed E-state index contributed by atoms with van der Waals surface area (Å²) in [7, 11) is 1.56. The van der Waals surface area contributed by atoms with Gasteiger partial charge in [-0.05, 0) is 19.8 Å². The van der Waals surface area contributed by atoms with Gasteiger partial charge in [0.2, 0.25) is 5.89 Å². The highest BCUT2D eigenvalue weighted by Gasteiger charge is 2.22. The Morgan fingerprint density at radius 2 is 2.28 bits per heavy atom. The number of amides is 2. The third-order valence-electron chi connectivity index (χ3n) is 2.86. The number of methoxy groups -OCH3 is 1. The molecule has 1 aliphatic rings. The zero-order valence-corrected chi connectivity index (χ0v) is 10.7. The second-order valence-electron chi connectivity index (χ2n) is 4.35. The Balaban J connectivity index is 1.89. The smallest absolute Gasteiger partial charge is 0.318 e. The molecular formula is C11H18N4O3. The lowest BCUT2D eigenvalue weighted by atomic mass is 10.3. The minimum absolute atomic E-state index is 0.0773. The van der Waals surface area contributed by atoms with Crippen LogP contribution < -0.4 is 5.32 Å². The van der Waals surface area contributed by atoms with Crippen molar-refractivity contribution in [1.82, 2.24) is 20.4 Å². The second-order valence-corrected chi connectivity index (χ2v) is 4.35. The van der Waals surface area contributed by atoms with Gasteiger partial charge >= 0.3 is 6.03 Å². The highest BCUT2D eigenvalue weighted by atomic mass is 16.5. The molecule has 1 unspecified atom stereocenters. The summed E-state index contributed by atoms with van der Waals surface area (Å²) in [5.74, 6) is 0.879. The predicted octanol–water partition coefficient (Wildman–Crippen LogP) is 1.08. The van der Waals surface area contributed by atoms with Crippen LogP contribution in [0, 0.1) is 0 Å². The molecule has 1 N–H and O–H groups in total. The summed E-state index contributed by atoms with van der Waals surface area (Å²) in [5, 5.41) is 6.60. The first kappa shape index (κ1) is 12.8. The van der Waals surface area contributed by atoms with Crippen molar-refractivity contribution in [2.24, 2.45) is 0 Å². The van der Waals surface area contributed by atoms with Gasteiger partial charge in [0.05, 0.1) is 0 Å². The van der Waals surface area contributed by atoms with Gasteiger partial charge in [-0.2, -0.15) is 4.98 Å². The van der Waals surface area contributed by atoms with E-state index in [-0.39, 0.29) is 12.1 Å². The summed E-state index contributed by atoms with van der Waals surface area (Å²) >= 11 is 0. The number of ether oxygens (including phenoxy) is 1. The molecule has 0 radical (unpaired) electrons. The highest BCUT2D eigenvalue weighted by Crippen LogP contribution is 2.12. The summed E-state index contributed by atoms with van der Waals surface area (Å²) < 4.78 is 9.97. The predicted molar refractivity (Wildman–Crippen MR) is 62.8 cm³/mol. The molecule has 1 fully saturated rings. The van der Waals surface area contributed by atoms with Gasteiger partial charge in [-0.3, -0.25) is 0 Å². The second kappa shape index (κ2) is 5.81. The summed E-state index contributed by atoms with van der Waals surface area (Å²) in [6, 6.07) is -0.373. The summed E-state index contributed by atoms with van der Waals surface area (Å²) in [6.45, 7) is 3.75. The molecule has 0 aromatic carbocycles. The van der Waals surface area contributed by atoms with Crippen molar-refractivity contribution in [3.8, 4) is 0 Å². The maximum absolute atomic E-state index is 11.9. The molecule has 7 nitrogen and oxygen atoms in total. The molecule has 100 valence electrons. The maximum Gasteiger partial charge on any atom is 0.318 e. The zero-order valence-electron chi connectivity index (χ0n) is 10.7. The lowest BCUT2D eigenvalue weighted by Gasteiger charge is -2.18. The van der Waals surface area contributed by atoms with E-state index in [9.17, 15) is 4.79 Å². The number of hydrogen-bond acceptors (Lipinski definition) is 5. The Morgan fingerprint density at radius 1 is 1.56 bits per heavy atom. The van der Waals surface area contributed by atoms with Gasteiger partial charge in [0.25, 0.3) is 0 Å². The number of carbonyl (C=O) groups is 1. The van der Waals surface area contributed by atoms with Crippen LogP contribution in [-0.4, -0.2) is 41.3 Å². The van der Waals surface area contributed by atoms with Crippen molar-refractivity contribution >= 4 is 6.03 Å². The number of urea groups is 1. The molecule has 1 aromatic rings. The van der Waals surface area contributed by atoms with Gasteiger partial charge < -0.3 is 19.5 Å². The molecule has 2 heterocycles. The standard InChI is InChI=1S/C11H18N4O3/c1-8(10-13-9(7-17-2)14-18-10)12-11(16)15-5-3-4-6-15/h8H,3-7H2,1-2H3,(H,12,16). The fourth-order valence-corrected chi connectivity index (χ4v) is 1.89. The number of hydrogen-bond donors (Lipinski definition) is 1. The van der Waals surface area contributed by atoms with Crippen molar-refractivity contribution in [2.45, 2.75) is 32.4 Å². The van der Waals surface area contributed by atoms with Crippen LogP contribution in [0.25, 0.3) is 0 Å². The fraction of sp³-hybridized carbons (Fsp3) is 0.727. The van der Waals surface area contributed by atoms with Crippen molar-refractivity contribution < 1.29 is 14.1 Å². The van der Waals surface area contributed by atoms with E-state index >= 15 is 0 Å². The lowest BCUT2D eigenvalue weighted by Crippen LogP contribution is -2.39. The van der Waals surface area contributed by atoms with E-state index in [1.54, 1.807) is 12.0 Å². The number of nitrogens with zero attached hydrogens (tertiary/aromatic N) is 3. The van der Waals surface area contributed by atoms with E-state index in [2.05, 4.69) is 15.5 Å². The van der Waals surface area contributed by atoms with E-state index in [1.165, 1.54) is 0 Å². The van der Waals surface area contributed by atoms with Gasteiger partial charge in [0.15, 0.2) is 5.82 Å². The van der Waals surface area contributed by atoms with Crippen LogP contribution in [0.1, 0.15) is 37.5 Å². The number of aromatic nitrogens is 2. The topological polar surface area (TPSA) is 80.5 Å². The third-order valence-corrected chi connectivity index (χ3v) is 2.86. The molecule has 0 saturated carbocycles. The normalized spacial score (nSPS) is 16.9.